The predicted octanol–water partition coefficient (Wildman–Crippen LogP) is 23.3. The first-order valence-corrected chi connectivity index (χ1v) is 51.4. The van der Waals surface area contributed by atoms with Crippen molar-refractivity contribution in [3.63, 3.8) is 0 Å². The largest absolute Gasteiger partial charge is 1.00 e. The SMILES string of the molecule is CC(C)CCBr.CC(C)CCOc1ccccc1-c1cc(-c2ccc3[nH]c(=O)[nH]c3c2)nc(Cl)n1.CC(C)CCOc1ccccc1-c1cc(Cl)nc(Cl)n1.CC(C)CCOc1ccccc1B(O)O.CC(C)CCOc1ccccc1Br.CC1(C)OB(c2ccc(N)c([N+](=O)[O-])c2)OC1(C)C.CC1(C)OB(c2ccc3[nH]c(=O)[nH]c3c2)OC1(C)C.Cl.Clc1cc(Cl)nc(Cl)n1.Oc1ccccc1Br.[CH2-]CCC.[Li+]. The van der Waals surface area contributed by atoms with E-state index >= 15 is 0 Å². The number of phenolic OH excluding ortho intramolecular Hbond substituents is 1. The summed E-state index contributed by atoms with van der Waals surface area (Å²) < 4.78 is 48.3. The van der Waals surface area contributed by atoms with Crippen molar-refractivity contribution in [3.05, 3.63) is 272 Å². The van der Waals surface area contributed by atoms with Crippen LogP contribution in [0, 0.1) is 46.6 Å². The number of unbranched alkanes of at least 4 members (excludes halogenated alkanes) is 1. The molecule has 5 aromatic heterocycles. The van der Waals surface area contributed by atoms with Crippen molar-refractivity contribution >= 4 is 201 Å². The number of para-hydroxylation sites is 5. The van der Waals surface area contributed by atoms with Gasteiger partial charge in [-0.15, -0.1) is 12.4 Å². The van der Waals surface area contributed by atoms with E-state index in [-0.39, 0.29) is 97.1 Å². The molecule has 13 aromatic rings. The van der Waals surface area contributed by atoms with E-state index in [4.69, 9.17) is 128 Å². The van der Waals surface area contributed by atoms with Crippen LogP contribution in [0.15, 0.2) is 213 Å². The van der Waals surface area contributed by atoms with Crippen molar-refractivity contribution in [1.29, 1.82) is 0 Å². The molecule has 9 N–H and O–H groups in total. The molecule has 41 heteroatoms. The molecule has 0 bridgehead atoms. The van der Waals surface area contributed by atoms with Gasteiger partial charge in [0, 0.05) is 45.7 Å². The smallest absolute Gasteiger partial charge is 0.507 e. The first-order valence-electron chi connectivity index (χ1n) is 46.4. The maximum absolute atomic E-state index is 11.5. The molecule has 15 rings (SSSR count). The van der Waals surface area contributed by atoms with E-state index in [2.05, 4.69) is 181 Å². The second-order valence-corrected chi connectivity index (χ2v) is 41.3. The van der Waals surface area contributed by atoms with Crippen molar-refractivity contribution in [1.82, 2.24) is 49.8 Å². The van der Waals surface area contributed by atoms with E-state index in [1.165, 1.54) is 31.0 Å². The Bertz CT molecular complexity index is 6090. The predicted molar refractivity (Wildman–Crippen MR) is 600 cm³/mol. The average Bonchev–Trinajstić information content (AvgIpc) is 1.63. The summed E-state index contributed by atoms with van der Waals surface area (Å²) in [5.41, 5.74) is 12.9. The van der Waals surface area contributed by atoms with Gasteiger partial charge < -0.3 is 85.3 Å². The molecule has 0 atom stereocenters. The molecule has 0 saturated carbocycles. The van der Waals surface area contributed by atoms with Crippen LogP contribution in [0.1, 0.15) is 176 Å². The Kier molecular flexibility index (Phi) is 56.5. The third-order valence-electron chi connectivity index (χ3n) is 21.7. The topological polar surface area (TPSA) is 378 Å². The molecule has 772 valence electrons. The summed E-state index contributed by atoms with van der Waals surface area (Å²) >= 11 is 44.2. The quantitative estimate of drug-likeness (QED) is 0.00365. The fourth-order valence-corrected chi connectivity index (χ4v) is 15.0. The van der Waals surface area contributed by atoms with Gasteiger partial charge in [0.15, 0.2) is 0 Å². The van der Waals surface area contributed by atoms with Crippen LogP contribution in [0.25, 0.3) is 55.8 Å². The summed E-state index contributed by atoms with van der Waals surface area (Å²) in [6, 6.07) is 58.2. The van der Waals surface area contributed by atoms with Gasteiger partial charge >= 0.3 is 51.6 Å². The van der Waals surface area contributed by atoms with Gasteiger partial charge in [-0.2, -0.15) is 6.42 Å². The number of ether oxygens (including phenoxy) is 4. The van der Waals surface area contributed by atoms with Crippen LogP contribution in [0.3, 0.4) is 0 Å². The number of aromatic hydroxyl groups is 1. The average molecular weight is 2300 g/mol. The Hall–Kier alpha value is -8.24. The van der Waals surface area contributed by atoms with E-state index in [1.54, 1.807) is 48.5 Å². The number of aromatic nitrogens is 10. The number of nitrogens with zero attached hydrogens (tertiary/aromatic N) is 7. The number of benzene rings is 8. The number of imidazole rings is 2. The maximum atomic E-state index is 11.5. The number of fused-ring (bicyclic) bond motifs is 2. The first-order chi connectivity index (χ1) is 66.9. The van der Waals surface area contributed by atoms with Gasteiger partial charge in [0.25, 0.3) is 5.69 Å². The van der Waals surface area contributed by atoms with Gasteiger partial charge in [-0.25, -0.2) is 39.5 Å². The Labute approximate surface area is 920 Å². The number of alkyl halides is 1. The van der Waals surface area contributed by atoms with Crippen molar-refractivity contribution in [3.8, 4) is 62.5 Å². The van der Waals surface area contributed by atoms with Crippen molar-refractivity contribution in [2.45, 2.75) is 199 Å². The van der Waals surface area contributed by atoms with Crippen LogP contribution in [0.5, 0.6) is 28.7 Å². The van der Waals surface area contributed by atoms with Crippen LogP contribution < -0.4 is 71.3 Å². The number of anilines is 1. The summed E-state index contributed by atoms with van der Waals surface area (Å²) in [6.45, 7) is 46.0. The molecule has 2 fully saturated rings. The Morgan fingerprint density at radius 3 is 1.20 bits per heavy atom. The Balaban J connectivity index is 0.000000345. The zero-order valence-electron chi connectivity index (χ0n) is 85.0. The normalized spacial score (nSPS) is 13.1. The van der Waals surface area contributed by atoms with E-state index < -0.39 is 37.5 Å². The van der Waals surface area contributed by atoms with Gasteiger partial charge in [0.05, 0.1) is 102 Å². The number of hydrogen-bond donors (Lipinski definition) is 8. The molecule has 144 heavy (non-hydrogen) atoms. The molecule has 2 saturated heterocycles. The zero-order valence-corrected chi connectivity index (χ0v) is 95.2. The molecule has 2 aliphatic heterocycles. The Morgan fingerprint density at radius 1 is 0.458 bits per heavy atom. The summed E-state index contributed by atoms with van der Waals surface area (Å²) in [7, 11) is -2.50. The van der Waals surface area contributed by atoms with Gasteiger partial charge in [-0.3, -0.25) is 10.1 Å². The molecule has 7 heterocycles. The molecule has 0 spiro atoms. The number of halogens is 10. The third kappa shape index (κ3) is 43.9. The van der Waals surface area contributed by atoms with Crippen LogP contribution in [0.4, 0.5) is 11.4 Å². The summed E-state index contributed by atoms with van der Waals surface area (Å²) in [4.78, 5) is 68.1. The van der Waals surface area contributed by atoms with Gasteiger partial charge in [0.2, 0.25) is 15.9 Å². The van der Waals surface area contributed by atoms with Crippen molar-refractivity contribution < 1.29 is 76.5 Å². The van der Waals surface area contributed by atoms with Crippen molar-refractivity contribution in [2.24, 2.45) is 29.6 Å². The number of nitrogens with two attached hydrogens (primary N) is 1. The summed E-state index contributed by atoms with van der Waals surface area (Å²) in [5, 5.41) is 40.2. The second kappa shape index (κ2) is 63.6. The molecule has 0 unspecified atom stereocenters. The number of aromatic amines is 4. The number of rotatable bonds is 26. The van der Waals surface area contributed by atoms with Gasteiger partial charge in [-0.05, 0) is 286 Å². The van der Waals surface area contributed by atoms with Crippen LogP contribution >= 0.6 is 130 Å². The molecular formula is C103H130B3Br3Cl7LiN12O15. The van der Waals surface area contributed by atoms with E-state index in [1.807, 2.05) is 183 Å². The maximum Gasteiger partial charge on any atom is 1.00 e. The van der Waals surface area contributed by atoms with E-state index in [0.29, 0.717) is 87.9 Å². The fourth-order valence-electron chi connectivity index (χ4n) is 12.1. The third-order valence-corrected chi connectivity index (χ3v) is 24.6. The van der Waals surface area contributed by atoms with Crippen LogP contribution in [-0.2, 0) is 18.6 Å². The fraction of sp³-hybridized carbons (Fsp3) is 0.388. The molecular weight excluding hydrogens is 2170 g/mol. The molecule has 0 amide bonds. The molecule has 8 aromatic carbocycles. The summed E-state index contributed by atoms with van der Waals surface area (Å²) in [6.07, 6.45) is 7.59. The molecule has 0 radical (unpaired) electrons. The standard InChI is InChI=1S/C22H21ClN4O2.C15H16Cl2N2O.C13H17BN2O3.C12H17BN2O4.C11H17BO3.C11H15BrO.C6H5BrO.C5H11Br.C4HCl3N2.C4H9.ClH.Li/c1-13(2)9-10-29-20-6-4-3-5-15(20)18-12-17(24-21(23)25-18)14-7-8-16-19(11-14)27-22(28)26-16;1-10(2)7-8-20-13-6-4-3-5-11(13)12-9-14(16)19-15(17)18-12;1-12(2)13(3,4)19-14(18-12)8-5-6-9-10(7-8)16-11(17)15-9;1-11(2)12(3,4)19-13(18-11)8-5-6-9(14)10(7-8)15(16)17;1-9(2)7-8-15-11-6-4-3-5-10(11)12(13)14;1-9(2)7-8-13-11-6-4-3-5-10(11)12;7-5-3-1-2-4-6(5)8;1-5(2)3-4-6;5-2-1-3(6)9-4(7)8-2;1-3-4-2;;/h3-8,11-13H,9-10H2,1-2H3,(H2,26,27,28);3-6,9-10H,7-8H2,1-2H3;5-7H,1-4H3,(H2,15,16,17);5-7H,14H2,1-4H3;3-6,9,13-14H,7-8H2,1-2H3;3-6,9H,7-8H2,1-2H3;1-4,8H;5H,3-4H2,1-2H3;1H;1,3-4H2,2H3;1H;/q;;;;;;;;;-1;;+1. The number of H-pyrrole nitrogens is 4. The number of nitrogen functional groups attached to an aromatic ring is 1. The summed E-state index contributed by atoms with van der Waals surface area (Å²) in [5.74, 6) is 6.60. The van der Waals surface area contributed by atoms with Crippen LogP contribution in [-0.4, -0.2) is 145 Å². The van der Waals surface area contributed by atoms with E-state index in [0.717, 1.165) is 115 Å². The monoisotopic (exact) mass is 2300 g/mol. The number of phenols is 1. The number of nitro groups is 1. The minimum atomic E-state index is -1.47. The van der Waals surface area contributed by atoms with E-state index in [9.17, 15) is 19.7 Å². The molecule has 27 nitrogen and oxygen atoms in total. The minimum absolute atomic E-state index is 0. The molecule has 2 aliphatic rings. The van der Waals surface area contributed by atoms with Crippen molar-refractivity contribution in [2.75, 3.05) is 37.5 Å². The Morgan fingerprint density at radius 2 is 0.806 bits per heavy atom. The minimum Gasteiger partial charge on any atom is -0.507 e. The number of nitrogens with one attached hydrogen (secondary N) is 4. The van der Waals surface area contributed by atoms with Crippen LogP contribution in [0.2, 0.25) is 31.3 Å². The zero-order chi connectivity index (χ0) is 105. The number of hydrogen-bond acceptors (Lipinski definition) is 22. The van der Waals surface area contributed by atoms with Gasteiger partial charge in [-0.1, -0.05) is 218 Å². The number of nitro benzene ring substituents is 1. The van der Waals surface area contributed by atoms with Gasteiger partial charge in [0.1, 0.15) is 49.9 Å². The second-order valence-electron chi connectivity index (χ2n) is 36.6. The molecule has 0 aliphatic carbocycles. The first kappa shape index (κ1) is 128.